The first-order valence-electron chi connectivity index (χ1n) is 7.88. The molecule has 0 radical (unpaired) electrons. The third-order valence-corrected chi connectivity index (χ3v) is 6.03. The Morgan fingerprint density at radius 3 is 2.68 bits per heavy atom. The second-order valence-corrected chi connectivity index (χ2v) is 8.31. The van der Waals surface area contributed by atoms with Crippen molar-refractivity contribution in [3.8, 4) is 0 Å². The summed E-state index contributed by atoms with van der Waals surface area (Å²) in [6, 6.07) is 0. The monoisotopic (exact) mass is 343 g/mol. The number of aryl methyl sites for hydroxylation is 1. The fourth-order valence-corrected chi connectivity index (χ4v) is 3.50. The Morgan fingerprint density at radius 1 is 1.45 bits per heavy atom. The smallest absolute Gasteiger partial charge is 0.233 e. The summed E-state index contributed by atoms with van der Waals surface area (Å²) in [5.41, 5.74) is 0.437. The molecule has 124 valence electrons. The highest BCUT2D eigenvalue weighted by molar-refractivity contribution is 7.15. The van der Waals surface area contributed by atoms with Crippen LogP contribution >= 0.6 is 22.9 Å². The van der Waals surface area contributed by atoms with Crippen molar-refractivity contribution < 1.29 is 4.79 Å². The molecule has 1 amide bonds. The maximum absolute atomic E-state index is 12.2. The van der Waals surface area contributed by atoms with Crippen LogP contribution in [0.4, 0.5) is 5.13 Å². The Balaban J connectivity index is 1.98. The van der Waals surface area contributed by atoms with Crippen LogP contribution in [0.15, 0.2) is 0 Å². The first-order valence-corrected chi connectivity index (χ1v) is 9.23. The van der Waals surface area contributed by atoms with Crippen molar-refractivity contribution in [3.63, 3.8) is 0 Å². The number of amides is 1. The van der Waals surface area contributed by atoms with Gasteiger partial charge in [-0.05, 0) is 52.6 Å². The minimum absolute atomic E-state index is 0.0744. The highest BCUT2D eigenvalue weighted by Gasteiger charge is 2.27. The summed E-state index contributed by atoms with van der Waals surface area (Å²) in [6.45, 7) is 11.3. The second-order valence-electron chi connectivity index (χ2n) is 6.96. The van der Waals surface area contributed by atoms with Crippen molar-refractivity contribution in [3.05, 3.63) is 10.6 Å². The number of alkyl halides is 1. The standard InChI is InChI=1S/C16H26ClN3OS/c1-11-5-7-20(8-6-11)9-13-12(2)18-15(22-13)19-14(21)16(3,4)10-17/h11H,5-10H2,1-4H3,(H,18,19,21). The van der Waals surface area contributed by atoms with E-state index in [0.717, 1.165) is 31.2 Å². The van der Waals surface area contributed by atoms with E-state index in [1.807, 2.05) is 20.8 Å². The van der Waals surface area contributed by atoms with E-state index in [2.05, 4.69) is 22.1 Å². The number of thiazole rings is 1. The molecule has 1 aromatic heterocycles. The third-order valence-electron chi connectivity index (χ3n) is 4.31. The SMILES string of the molecule is Cc1nc(NC(=O)C(C)(C)CCl)sc1CN1CCC(C)CC1. The molecule has 0 saturated carbocycles. The minimum atomic E-state index is -0.579. The fourth-order valence-electron chi connectivity index (χ4n) is 2.38. The molecule has 1 aromatic rings. The van der Waals surface area contributed by atoms with Gasteiger partial charge in [-0.3, -0.25) is 9.69 Å². The summed E-state index contributed by atoms with van der Waals surface area (Å²) in [6.07, 6.45) is 2.54. The first-order chi connectivity index (χ1) is 10.3. The molecule has 0 atom stereocenters. The van der Waals surface area contributed by atoms with Crippen molar-refractivity contribution in [2.75, 3.05) is 24.3 Å². The zero-order valence-corrected chi connectivity index (χ0v) is 15.5. The number of likely N-dealkylation sites (tertiary alicyclic amines) is 1. The first kappa shape index (κ1) is 17.7. The van der Waals surface area contributed by atoms with Gasteiger partial charge in [-0.1, -0.05) is 6.92 Å². The van der Waals surface area contributed by atoms with Crippen LogP contribution in [-0.2, 0) is 11.3 Å². The van der Waals surface area contributed by atoms with Gasteiger partial charge in [0.05, 0.1) is 11.1 Å². The van der Waals surface area contributed by atoms with E-state index in [4.69, 9.17) is 11.6 Å². The van der Waals surface area contributed by atoms with Gasteiger partial charge in [0.2, 0.25) is 5.91 Å². The zero-order chi connectivity index (χ0) is 16.3. The molecule has 4 nitrogen and oxygen atoms in total. The van der Waals surface area contributed by atoms with Crippen LogP contribution in [-0.4, -0.2) is 34.8 Å². The quantitative estimate of drug-likeness (QED) is 0.825. The number of halogens is 1. The predicted octanol–water partition coefficient (Wildman–Crippen LogP) is 3.89. The lowest BCUT2D eigenvalue weighted by atomic mass is 9.95. The van der Waals surface area contributed by atoms with Crippen molar-refractivity contribution in [1.29, 1.82) is 0 Å². The van der Waals surface area contributed by atoms with Crippen LogP contribution in [0.1, 0.15) is 44.2 Å². The van der Waals surface area contributed by atoms with Crippen LogP contribution in [0, 0.1) is 18.3 Å². The van der Waals surface area contributed by atoms with Crippen LogP contribution in [0.25, 0.3) is 0 Å². The molecule has 1 N–H and O–H groups in total. The van der Waals surface area contributed by atoms with Gasteiger partial charge < -0.3 is 5.32 Å². The molecule has 6 heteroatoms. The normalized spacial score (nSPS) is 17.7. The minimum Gasteiger partial charge on any atom is -0.301 e. The molecular formula is C16H26ClN3OS. The van der Waals surface area contributed by atoms with Crippen molar-refractivity contribution in [2.24, 2.45) is 11.3 Å². The molecule has 2 rings (SSSR count). The predicted molar refractivity (Wildman–Crippen MR) is 93.7 cm³/mol. The number of hydrogen-bond donors (Lipinski definition) is 1. The van der Waals surface area contributed by atoms with Gasteiger partial charge in [0.25, 0.3) is 0 Å². The largest absolute Gasteiger partial charge is 0.301 e. The number of anilines is 1. The van der Waals surface area contributed by atoms with Crippen LogP contribution in [0.2, 0.25) is 0 Å². The fraction of sp³-hybridized carbons (Fsp3) is 0.750. The van der Waals surface area contributed by atoms with E-state index in [0.29, 0.717) is 11.0 Å². The summed E-state index contributed by atoms with van der Waals surface area (Å²) >= 11 is 7.43. The maximum Gasteiger partial charge on any atom is 0.233 e. The molecule has 0 aromatic carbocycles. The number of aromatic nitrogens is 1. The van der Waals surface area contributed by atoms with E-state index in [1.165, 1.54) is 17.7 Å². The van der Waals surface area contributed by atoms with E-state index >= 15 is 0 Å². The van der Waals surface area contributed by atoms with Gasteiger partial charge in [-0.25, -0.2) is 4.98 Å². The zero-order valence-electron chi connectivity index (χ0n) is 13.9. The van der Waals surface area contributed by atoms with E-state index in [1.54, 1.807) is 11.3 Å². The van der Waals surface area contributed by atoms with Gasteiger partial charge in [-0.15, -0.1) is 22.9 Å². The highest BCUT2D eigenvalue weighted by Crippen LogP contribution is 2.28. The molecular weight excluding hydrogens is 318 g/mol. The summed E-state index contributed by atoms with van der Waals surface area (Å²) in [5.74, 6) is 1.06. The Morgan fingerprint density at radius 2 is 2.09 bits per heavy atom. The van der Waals surface area contributed by atoms with E-state index in [-0.39, 0.29) is 5.91 Å². The molecule has 0 aliphatic carbocycles. The van der Waals surface area contributed by atoms with E-state index in [9.17, 15) is 4.79 Å². The molecule has 1 saturated heterocycles. The summed E-state index contributed by atoms with van der Waals surface area (Å²) in [4.78, 5) is 20.4. The summed E-state index contributed by atoms with van der Waals surface area (Å²) < 4.78 is 0. The number of hydrogen-bond acceptors (Lipinski definition) is 4. The third kappa shape index (κ3) is 4.43. The van der Waals surface area contributed by atoms with Gasteiger partial charge >= 0.3 is 0 Å². The van der Waals surface area contributed by atoms with Gasteiger partial charge in [0.1, 0.15) is 0 Å². The molecule has 0 spiro atoms. The molecule has 1 aliphatic heterocycles. The van der Waals surface area contributed by atoms with Crippen LogP contribution in [0.3, 0.4) is 0 Å². The van der Waals surface area contributed by atoms with Gasteiger partial charge in [-0.2, -0.15) is 0 Å². The van der Waals surface area contributed by atoms with Crippen LogP contribution in [0.5, 0.6) is 0 Å². The second kappa shape index (κ2) is 7.28. The molecule has 0 bridgehead atoms. The lowest BCUT2D eigenvalue weighted by Gasteiger charge is -2.29. The van der Waals surface area contributed by atoms with Gasteiger partial charge in [0, 0.05) is 17.3 Å². The number of piperidine rings is 1. The summed E-state index contributed by atoms with van der Waals surface area (Å²) in [5, 5.41) is 3.59. The number of carbonyl (C=O) groups excluding carboxylic acids is 1. The Bertz CT molecular complexity index is 521. The molecule has 1 aliphatic rings. The Hall–Kier alpha value is -0.650. The van der Waals surface area contributed by atoms with Gasteiger partial charge in [0.15, 0.2) is 5.13 Å². The Labute approximate surface area is 142 Å². The molecule has 0 unspecified atom stereocenters. The lowest BCUT2D eigenvalue weighted by molar-refractivity contribution is -0.122. The highest BCUT2D eigenvalue weighted by atomic mass is 35.5. The molecule has 2 heterocycles. The maximum atomic E-state index is 12.2. The number of nitrogens with one attached hydrogen (secondary N) is 1. The Kier molecular flexibility index (Phi) is 5.86. The van der Waals surface area contributed by atoms with E-state index < -0.39 is 5.41 Å². The number of carbonyl (C=O) groups is 1. The van der Waals surface area contributed by atoms with Crippen LogP contribution < -0.4 is 5.32 Å². The van der Waals surface area contributed by atoms with Crippen molar-refractivity contribution >= 4 is 34.0 Å². The van der Waals surface area contributed by atoms with Crippen molar-refractivity contribution in [1.82, 2.24) is 9.88 Å². The lowest BCUT2D eigenvalue weighted by Crippen LogP contribution is -2.32. The summed E-state index contributed by atoms with van der Waals surface area (Å²) in [7, 11) is 0. The molecule has 1 fully saturated rings. The average molecular weight is 344 g/mol. The topological polar surface area (TPSA) is 45.2 Å². The molecule has 22 heavy (non-hydrogen) atoms. The number of nitrogens with zero attached hydrogens (tertiary/aromatic N) is 2. The van der Waals surface area contributed by atoms with Crippen molar-refractivity contribution in [2.45, 2.75) is 47.1 Å². The average Bonchev–Trinajstić information content (AvgIpc) is 2.81. The number of rotatable bonds is 5.